The first kappa shape index (κ1) is 9.70. The fraction of sp³-hybridized carbons (Fsp3) is 0.778. The topological polar surface area (TPSA) is 20.2 Å². The second kappa shape index (κ2) is 6.81. The summed E-state index contributed by atoms with van der Waals surface area (Å²) in [6, 6.07) is 0. The molecule has 0 heterocycles. The third kappa shape index (κ3) is 5.83. The molecular weight excluding hydrogens is 124 g/mol. The predicted octanol–water partition coefficient (Wildman–Crippen LogP) is 2.50. The predicted molar refractivity (Wildman–Crippen MR) is 45.0 cm³/mol. The second-order valence-electron chi connectivity index (χ2n) is 2.56. The first-order valence-corrected chi connectivity index (χ1v) is 4.10. The minimum Gasteiger partial charge on any atom is -0.393 e. The molecule has 0 radical (unpaired) electrons. The minimum absolute atomic E-state index is 0.0785. The van der Waals surface area contributed by atoms with Crippen LogP contribution in [0.25, 0.3) is 0 Å². The molecule has 0 spiro atoms. The number of rotatable bonds is 5. The van der Waals surface area contributed by atoms with Crippen molar-refractivity contribution in [1.82, 2.24) is 0 Å². The van der Waals surface area contributed by atoms with E-state index in [-0.39, 0.29) is 6.10 Å². The molecule has 1 unspecified atom stereocenters. The van der Waals surface area contributed by atoms with Gasteiger partial charge in [-0.15, -0.1) is 0 Å². The number of hydrogen-bond donors (Lipinski definition) is 1. The van der Waals surface area contributed by atoms with Gasteiger partial charge in [-0.25, -0.2) is 0 Å². The zero-order valence-corrected chi connectivity index (χ0v) is 7.01. The lowest BCUT2D eigenvalue weighted by Gasteiger charge is -2.04. The van der Waals surface area contributed by atoms with Gasteiger partial charge in [0.15, 0.2) is 0 Å². The van der Waals surface area contributed by atoms with E-state index < -0.39 is 0 Å². The van der Waals surface area contributed by atoms with Crippen molar-refractivity contribution in [2.24, 2.45) is 0 Å². The maximum Gasteiger partial charge on any atom is 0.0537 e. The van der Waals surface area contributed by atoms with E-state index in [1.54, 1.807) is 0 Å². The van der Waals surface area contributed by atoms with Crippen LogP contribution in [0.5, 0.6) is 0 Å². The summed E-state index contributed by atoms with van der Waals surface area (Å²) in [5.74, 6) is 0. The zero-order chi connectivity index (χ0) is 7.82. The van der Waals surface area contributed by atoms with Crippen LogP contribution in [0.2, 0.25) is 0 Å². The summed E-state index contributed by atoms with van der Waals surface area (Å²) in [7, 11) is 0. The molecule has 10 heavy (non-hydrogen) atoms. The Morgan fingerprint density at radius 2 is 2.20 bits per heavy atom. The standard InChI is InChI=1S/C9H18O/c1-3-5-6-7-8-9(10)4-2/h3,5,9-10H,4,6-8H2,1-2H3. The SMILES string of the molecule is CC=CCCCC(O)CC. The highest BCUT2D eigenvalue weighted by atomic mass is 16.3. The van der Waals surface area contributed by atoms with Gasteiger partial charge in [-0.05, 0) is 32.6 Å². The van der Waals surface area contributed by atoms with Crippen LogP contribution in [-0.4, -0.2) is 11.2 Å². The Morgan fingerprint density at radius 1 is 1.50 bits per heavy atom. The van der Waals surface area contributed by atoms with Gasteiger partial charge >= 0.3 is 0 Å². The molecule has 0 bridgehead atoms. The Bertz CT molecular complexity index is 86.7. The van der Waals surface area contributed by atoms with Crippen molar-refractivity contribution >= 4 is 0 Å². The van der Waals surface area contributed by atoms with Crippen LogP contribution >= 0.6 is 0 Å². The Morgan fingerprint density at radius 3 is 2.70 bits per heavy atom. The Hall–Kier alpha value is -0.300. The van der Waals surface area contributed by atoms with Gasteiger partial charge in [0.2, 0.25) is 0 Å². The Kier molecular flexibility index (Phi) is 6.61. The molecule has 0 aromatic heterocycles. The lowest BCUT2D eigenvalue weighted by molar-refractivity contribution is 0.158. The molecule has 0 rings (SSSR count). The number of unbranched alkanes of at least 4 members (excludes halogenated alkanes) is 1. The largest absolute Gasteiger partial charge is 0.393 e. The van der Waals surface area contributed by atoms with Crippen LogP contribution in [0, 0.1) is 0 Å². The normalized spacial score (nSPS) is 14.3. The lowest BCUT2D eigenvalue weighted by atomic mass is 10.1. The van der Waals surface area contributed by atoms with E-state index in [1.807, 2.05) is 13.8 Å². The zero-order valence-electron chi connectivity index (χ0n) is 7.01. The number of aliphatic hydroxyl groups excluding tert-OH is 1. The molecule has 0 aliphatic rings. The van der Waals surface area contributed by atoms with E-state index in [0.29, 0.717) is 0 Å². The maximum atomic E-state index is 9.13. The molecule has 1 N–H and O–H groups in total. The van der Waals surface area contributed by atoms with Crippen LogP contribution in [-0.2, 0) is 0 Å². The monoisotopic (exact) mass is 142 g/mol. The highest BCUT2D eigenvalue weighted by Crippen LogP contribution is 2.03. The molecule has 1 atom stereocenters. The van der Waals surface area contributed by atoms with Crippen molar-refractivity contribution in [3.05, 3.63) is 12.2 Å². The summed E-state index contributed by atoms with van der Waals surface area (Å²) in [5.41, 5.74) is 0. The summed E-state index contributed by atoms with van der Waals surface area (Å²) in [6.45, 7) is 4.04. The molecule has 1 heteroatoms. The number of aliphatic hydroxyl groups is 1. The summed E-state index contributed by atoms with van der Waals surface area (Å²) in [6.07, 6.45) is 8.16. The Balaban J connectivity index is 3.03. The van der Waals surface area contributed by atoms with E-state index >= 15 is 0 Å². The smallest absolute Gasteiger partial charge is 0.0537 e. The van der Waals surface area contributed by atoms with Crippen LogP contribution in [0.4, 0.5) is 0 Å². The molecule has 0 amide bonds. The fourth-order valence-corrected chi connectivity index (χ4v) is 0.842. The summed E-state index contributed by atoms with van der Waals surface area (Å²) in [5, 5.41) is 9.13. The van der Waals surface area contributed by atoms with Crippen molar-refractivity contribution in [1.29, 1.82) is 0 Å². The lowest BCUT2D eigenvalue weighted by Crippen LogP contribution is -2.02. The van der Waals surface area contributed by atoms with Gasteiger partial charge in [-0.3, -0.25) is 0 Å². The first-order valence-electron chi connectivity index (χ1n) is 4.10. The van der Waals surface area contributed by atoms with E-state index in [4.69, 9.17) is 5.11 Å². The molecule has 0 aliphatic carbocycles. The highest BCUT2D eigenvalue weighted by Gasteiger charge is 1.97. The average Bonchev–Trinajstić information content (AvgIpc) is 1.98. The van der Waals surface area contributed by atoms with Crippen molar-refractivity contribution in [2.45, 2.75) is 45.6 Å². The van der Waals surface area contributed by atoms with Crippen molar-refractivity contribution in [3.8, 4) is 0 Å². The summed E-state index contributed by atoms with van der Waals surface area (Å²) in [4.78, 5) is 0. The molecule has 0 saturated carbocycles. The van der Waals surface area contributed by atoms with E-state index in [0.717, 1.165) is 25.7 Å². The molecule has 0 saturated heterocycles. The molecular formula is C9H18O. The van der Waals surface area contributed by atoms with Crippen molar-refractivity contribution < 1.29 is 5.11 Å². The van der Waals surface area contributed by atoms with Gasteiger partial charge in [0.25, 0.3) is 0 Å². The van der Waals surface area contributed by atoms with Gasteiger partial charge < -0.3 is 5.11 Å². The summed E-state index contributed by atoms with van der Waals surface area (Å²) < 4.78 is 0. The van der Waals surface area contributed by atoms with Crippen LogP contribution in [0.1, 0.15) is 39.5 Å². The fourth-order valence-electron chi connectivity index (χ4n) is 0.842. The van der Waals surface area contributed by atoms with Crippen molar-refractivity contribution in [3.63, 3.8) is 0 Å². The van der Waals surface area contributed by atoms with Gasteiger partial charge in [0.05, 0.1) is 6.10 Å². The first-order chi connectivity index (χ1) is 4.81. The maximum absolute atomic E-state index is 9.13. The van der Waals surface area contributed by atoms with E-state index in [9.17, 15) is 0 Å². The van der Waals surface area contributed by atoms with Crippen molar-refractivity contribution in [2.75, 3.05) is 0 Å². The van der Waals surface area contributed by atoms with Gasteiger partial charge in [-0.2, -0.15) is 0 Å². The third-order valence-electron chi connectivity index (χ3n) is 1.62. The number of hydrogen-bond acceptors (Lipinski definition) is 1. The van der Waals surface area contributed by atoms with Crippen LogP contribution < -0.4 is 0 Å². The van der Waals surface area contributed by atoms with Gasteiger partial charge in [0.1, 0.15) is 0 Å². The highest BCUT2D eigenvalue weighted by molar-refractivity contribution is 4.76. The molecule has 0 aromatic carbocycles. The number of allylic oxidation sites excluding steroid dienone is 2. The minimum atomic E-state index is -0.0785. The second-order valence-corrected chi connectivity index (χ2v) is 2.56. The van der Waals surface area contributed by atoms with E-state index in [1.165, 1.54) is 0 Å². The molecule has 0 aromatic rings. The quantitative estimate of drug-likeness (QED) is 0.462. The van der Waals surface area contributed by atoms with Crippen LogP contribution in [0.15, 0.2) is 12.2 Å². The molecule has 60 valence electrons. The molecule has 0 aliphatic heterocycles. The third-order valence-corrected chi connectivity index (χ3v) is 1.62. The van der Waals surface area contributed by atoms with Gasteiger partial charge in [0, 0.05) is 0 Å². The van der Waals surface area contributed by atoms with Crippen LogP contribution in [0.3, 0.4) is 0 Å². The van der Waals surface area contributed by atoms with E-state index in [2.05, 4.69) is 12.2 Å². The summed E-state index contributed by atoms with van der Waals surface area (Å²) >= 11 is 0. The Labute approximate surface area is 63.8 Å². The molecule has 0 fully saturated rings. The molecule has 1 nitrogen and oxygen atoms in total. The van der Waals surface area contributed by atoms with Gasteiger partial charge in [-0.1, -0.05) is 19.1 Å². The average molecular weight is 142 g/mol.